The molecule has 0 aromatic heterocycles. The second kappa shape index (κ2) is 9.87. The van der Waals surface area contributed by atoms with Gasteiger partial charge in [-0.05, 0) is 41.8 Å². The van der Waals surface area contributed by atoms with Crippen LogP contribution in [0.4, 0.5) is 5.69 Å². The standard InChI is InChI=1S/C23H17BrN2O5/c1-15-18(6-3-7-20(15)24)14-31-23-10-22(19(12-27)9-21(23)26(28)29)30-13-17-5-2-4-16(8-17)11-25/h2-10,12H,13-14H2,1H3. The molecular weight excluding hydrogens is 464 g/mol. The number of nitrogens with zero attached hydrogens (tertiary/aromatic N) is 2. The first kappa shape index (κ1) is 22.0. The summed E-state index contributed by atoms with van der Waals surface area (Å²) >= 11 is 3.45. The first-order valence-electron chi connectivity index (χ1n) is 9.19. The zero-order chi connectivity index (χ0) is 22.4. The van der Waals surface area contributed by atoms with Crippen LogP contribution in [0, 0.1) is 28.4 Å². The van der Waals surface area contributed by atoms with Crippen LogP contribution >= 0.6 is 15.9 Å². The van der Waals surface area contributed by atoms with E-state index in [0.717, 1.165) is 27.2 Å². The maximum Gasteiger partial charge on any atom is 0.311 e. The van der Waals surface area contributed by atoms with Crippen molar-refractivity contribution in [2.24, 2.45) is 0 Å². The van der Waals surface area contributed by atoms with E-state index in [1.54, 1.807) is 24.3 Å². The number of nitro groups is 1. The molecule has 0 saturated heterocycles. The molecule has 156 valence electrons. The highest BCUT2D eigenvalue weighted by Gasteiger charge is 2.21. The average Bonchev–Trinajstić information content (AvgIpc) is 2.78. The molecule has 0 radical (unpaired) electrons. The maximum absolute atomic E-state index is 11.5. The van der Waals surface area contributed by atoms with E-state index in [1.165, 1.54) is 6.07 Å². The van der Waals surface area contributed by atoms with Crippen LogP contribution in [0.5, 0.6) is 11.5 Å². The van der Waals surface area contributed by atoms with Gasteiger partial charge in [-0.1, -0.05) is 40.2 Å². The fourth-order valence-electron chi connectivity index (χ4n) is 2.90. The third-order valence-corrected chi connectivity index (χ3v) is 5.49. The molecule has 0 aliphatic heterocycles. The molecular formula is C23H17BrN2O5. The maximum atomic E-state index is 11.5. The normalized spacial score (nSPS) is 10.2. The second-order valence-corrected chi connectivity index (χ2v) is 7.50. The molecule has 7 nitrogen and oxygen atoms in total. The Balaban J connectivity index is 1.88. The van der Waals surface area contributed by atoms with E-state index in [9.17, 15) is 14.9 Å². The number of hydrogen-bond donors (Lipinski definition) is 0. The molecule has 0 amide bonds. The summed E-state index contributed by atoms with van der Waals surface area (Å²) in [5.41, 5.74) is 2.74. The molecule has 0 unspecified atom stereocenters. The van der Waals surface area contributed by atoms with Crippen molar-refractivity contribution in [3.63, 3.8) is 0 Å². The first-order valence-corrected chi connectivity index (χ1v) is 9.98. The van der Waals surface area contributed by atoms with Gasteiger partial charge in [0.15, 0.2) is 6.29 Å². The minimum absolute atomic E-state index is 0.00393. The van der Waals surface area contributed by atoms with E-state index in [0.29, 0.717) is 11.8 Å². The molecule has 0 aliphatic rings. The molecule has 0 atom stereocenters. The van der Waals surface area contributed by atoms with Gasteiger partial charge < -0.3 is 9.47 Å². The molecule has 0 aliphatic carbocycles. The SMILES string of the molecule is Cc1c(Br)cccc1COc1cc(OCc2cccc(C#N)c2)c(C=O)cc1[N+](=O)[O-]. The summed E-state index contributed by atoms with van der Waals surface area (Å²) in [6.07, 6.45) is 0.496. The van der Waals surface area contributed by atoms with Crippen LogP contribution in [0.1, 0.15) is 32.6 Å². The first-order chi connectivity index (χ1) is 14.9. The van der Waals surface area contributed by atoms with Gasteiger partial charge in [0.1, 0.15) is 19.0 Å². The molecule has 31 heavy (non-hydrogen) atoms. The number of aldehydes is 1. The summed E-state index contributed by atoms with van der Waals surface area (Å²) in [7, 11) is 0. The topological polar surface area (TPSA) is 102 Å². The lowest BCUT2D eigenvalue weighted by Crippen LogP contribution is -2.04. The number of nitriles is 1. The lowest BCUT2D eigenvalue weighted by Gasteiger charge is -2.13. The number of halogens is 1. The molecule has 0 bridgehead atoms. The van der Waals surface area contributed by atoms with Gasteiger partial charge >= 0.3 is 5.69 Å². The number of carbonyl (C=O) groups is 1. The van der Waals surface area contributed by atoms with Crippen molar-refractivity contribution >= 4 is 27.9 Å². The molecule has 0 spiro atoms. The van der Waals surface area contributed by atoms with Crippen molar-refractivity contribution < 1.29 is 19.2 Å². The third-order valence-electron chi connectivity index (χ3n) is 4.63. The number of rotatable bonds is 8. The summed E-state index contributed by atoms with van der Waals surface area (Å²) in [5, 5.41) is 20.5. The minimum atomic E-state index is -0.601. The molecule has 0 saturated carbocycles. The largest absolute Gasteiger partial charge is 0.488 e. The smallest absolute Gasteiger partial charge is 0.311 e. The lowest BCUT2D eigenvalue weighted by atomic mass is 10.1. The van der Waals surface area contributed by atoms with Crippen LogP contribution < -0.4 is 9.47 Å². The van der Waals surface area contributed by atoms with Crippen LogP contribution in [0.25, 0.3) is 0 Å². The average molecular weight is 481 g/mol. The minimum Gasteiger partial charge on any atom is -0.488 e. The molecule has 8 heteroatoms. The fraction of sp³-hybridized carbons (Fsp3) is 0.130. The summed E-state index contributed by atoms with van der Waals surface area (Å²) in [4.78, 5) is 22.4. The van der Waals surface area contributed by atoms with Crippen LogP contribution in [0.2, 0.25) is 0 Å². The van der Waals surface area contributed by atoms with Gasteiger partial charge in [0.05, 0.1) is 22.1 Å². The number of carbonyl (C=O) groups excluding carboxylic acids is 1. The van der Waals surface area contributed by atoms with E-state index >= 15 is 0 Å². The van der Waals surface area contributed by atoms with E-state index in [1.807, 2.05) is 31.2 Å². The Bertz CT molecular complexity index is 1190. The van der Waals surface area contributed by atoms with Gasteiger partial charge in [-0.15, -0.1) is 0 Å². The van der Waals surface area contributed by atoms with Crippen LogP contribution in [0.15, 0.2) is 59.1 Å². The Morgan fingerprint density at radius 2 is 1.84 bits per heavy atom. The van der Waals surface area contributed by atoms with Crippen LogP contribution in [-0.4, -0.2) is 11.2 Å². The second-order valence-electron chi connectivity index (χ2n) is 6.65. The zero-order valence-corrected chi connectivity index (χ0v) is 18.1. The van der Waals surface area contributed by atoms with E-state index in [-0.39, 0.29) is 36.0 Å². The highest BCUT2D eigenvalue weighted by Crippen LogP contribution is 2.35. The monoisotopic (exact) mass is 480 g/mol. The third kappa shape index (κ3) is 5.27. The summed E-state index contributed by atoms with van der Waals surface area (Å²) in [5.74, 6) is 0.152. The summed E-state index contributed by atoms with van der Waals surface area (Å²) in [6, 6.07) is 17.0. The van der Waals surface area contributed by atoms with Crippen LogP contribution in [-0.2, 0) is 13.2 Å². The van der Waals surface area contributed by atoms with Crippen molar-refractivity contribution in [3.8, 4) is 17.6 Å². The molecule has 3 aromatic carbocycles. The summed E-state index contributed by atoms with van der Waals surface area (Å²) in [6.45, 7) is 2.10. The number of ether oxygens (including phenoxy) is 2. The van der Waals surface area contributed by atoms with Gasteiger partial charge in [-0.25, -0.2) is 0 Å². The van der Waals surface area contributed by atoms with Crippen molar-refractivity contribution in [1.29, 1.82) is 5.26 Å². The molecule has 0 N–H and O–H groups in total. The zero-order valence-electron chi connectivity index (χ0n) is 16.5. The molecule has 3 aromatic rings. The highest BCUT2D eigenvalue weighted by atomic mass is 79.9. The van der Waals surface area contributed by atoms with Gasteiger partial charge in [-0.2, -0.15) is 5.26 Å². The molecule has 0 fully saturated rings. The Kier molecular flexibility index (Phi) is 7.00. The Labute approximate surface area is 187 Å². The Morgan fingerprint density at radius 3 is 2.55 bits per heavy atom. The van der Waals surface area contributed by atoms with Gasteiger partial charge in [-0.3, -0.25) is 14.9 Å². The van der Waals surface area contributed by atoms with E-state index in [4.69, 9.17) is 14.7 Å². The molecule has 3 rings (SSSR count). The van der Waals surface area contributed by atoms with Crippen LogP contribution in [0.3, 0.4) is 0 Å². The van der Waals surface area contributed by atoms with Gasteiger partial charge in [0.2, 0.25) is 5.75 Å². The van der Waals surface area contributed by atoms with Crippen molar-refractivity contribution in [3.05, 3.63) is 97.0 Å². The van der Waals surface area contributed by atoms with E-state index < -0.39 is 4.92 Å². The fourth-order valence-corrected chi connectivity index (χ4v) is 3.30. The van der Waals surface area contributed by atoms with Crippen molar-refractivity contribution in [2.45, 2.75) is 20.1 Å². The highest BCUT2D eigenvalue weighted by molar-refractivity contribution is 9.10. The summed E-state index contributed by atoms with van der Waals surface area (Å²) < 4.78 is 12.4. The molecule has 0 heterocycles. The van der Waals surface area contributed by atoms with E-state index in [2.05, 4.69) is 15.9 Å². The van der Waals surface area contributed by atoms with Crippen molar-refractivity contribution in [1.82, 2.24) is 0 Å². The van der Waals surface area contributed by atoms with Gasteiger partial charge in [0, 0.05) is 16.6 Å². The quantitative estimate of drug-likeness (QED) is 0.239. The number of hydrogen-bond acceptors (Lipinski definition) is 6. The number of nitro benzene ring substituents is 1. The predicted octanol–water partition coefficient (Wildman–Crippen LogP) is 5.51. The van der Waals surface area contributed by atoms with Gasteiger partial charge in [0.25, 0.3) is 0 Å². The predicted molar refractivity (Wildman–Crippen MR) is 117 cm³/mol. The number of benzene rings is 3. The lowest BCUT2D eigenvalue weighted by molar-refractivity contribution is -0.386. The Morgan fingerprint density at radius 1 is 1.10 bits per heavy atom. The van der Waals surface area contributed by atoms with Crippen molar-refractivity contribution in [2.75, 3.05) is 0 Å². The Hall–Kier alpha value is -3.70.